The van der Waals surface area contributed by atoms with E-state index >= 15 is 0 Å². The maximum atomic E-state index is 14.1. The third-order valence-electron chi connectivity index (χ3n) is 9.70. The molecule has 3 heterocycles. The number of halogens is 6. The Balaban J connectivity index is 0.000000651. The number of aliphatic carboxylic acids is 1. The molecule has 0 aliphatic carbocycles. The molecule has 0 bridgehead atoms. The van der Waals surface area contributed by atoms with E-state index < -0.39 is 52.3 Å². The number of likely N-dealkylation sites (tertiary alicyclic amines) is 1. The predicted molar refractivity (Wildman–Crippen MR) is 189 cm³/mol. The molecule has 2 atom stereocenters. The largest absolute Gasteiger partial charge is 0.507 e. The summed E-state index contributed by atoms with van der Waals surface area (Å²) in [7, 11) is 0. The van der Waals surface area contributed by atoms with Crippen molar-refractivity contribution in [3.8, 4) is 5.75 Å². The van der Waals surface area contributed by atoms with Gasteiger partial charge in [0.15, 0.2) is 0 Å². The molecule has 292 valence electrons. The smallest absolute Gasteiger partial charge is 0.425 e. The molecule has 8 nitrogen and oxygen atoms in total. The molecular weight excluding hydrogens is 724 g/mol. The molecule has 2 N–H and O–H groups in total. The lowest BCUT2D eigenvalue weighted by atomic mass is 9.69. The number of benzene rings is 1. The topological polar surface area (TPSA) is 111 Å². The molecule has 0 spiro atoms. The Hall–Kier alpha value is -4.14. The van der Waals surface area contributed by atoms with E-state index in [1.54, 1.807) is 6.92 Å². The molecule has 2 amide bonds. The average molecular weight is 772 g/mol. The van der Waals surface area contributed by atoms with Crippen LogP contribution in [0.25, 0.3) is 0 Å². The fourth-order valence-electron chi connectivity index (χ4n) is 7.03. The monoisotopic (exact) mass is 771 g/mol. The van der Waals surface area contributed by atoms with Gasteiger partial charge in [-0.15, -0.1) is 11.3 Å². The SMILES string of the molecule is CCCC(C(CC)C(=O)N1CCC(CCCCC(=O)O)(c2ccccc2)CC1)N(CC)C(=O)c1ncccc1C(F)(F)F.Oc1csc(C(F)(F)F)c1. The first-order valence-corrected chi connectivity index (χ1v) is 18.6. The number of aromatic nitrogens is 1. The van der Waals surface area contributed by atoms with E-state index in [0.29, 0.717) is 56.2 Å². The molecular formula is C38H47F6N3O5S. The van der Waals surface area contributed by atoms with Gasteiger partial charge in [0.05, 0.1) is 11.5 Å². The normalized spacial score (nSPS) is 15.5. The molecule has 53 heavy (non-hydrogen) atoms. The lowest BCUT2D eigenvalue weighted by molar-refractivity contribution is -0.140. The fraction of sp³-hybridized carbons (Fsp3) is 0.526. The van der Waals surface area contributed by atoms with Crippen molar-refractivity contribution in [3.05, 3.63) is 81.8 Å². The summed E-state index contributed by atoms with van der Waals surface area (Å²) in [6, 6.07) is 12.3. The molecule has 15 heteroatoms. The highest BCUT2D eigenvalue weighted by Gasteiger charge is 2.43. The number of unbranched alkanes of at least 4 members (excludes halogenated alkanes) is 1. The third-order valence-corrected chi connectivity index (χ3v) is 10.7. The van der Waals surface area contributed by atoms with Gasteiger partial charge < -0.3 is 20.0 Å². The van der Waals surface area contributed by atoms with Gasteiger partial charge in [-0.25, -0.2) is 0 Å². The molecule has 0 radical (unpaired) electrons. The maximum Gasteiger partial charge on any atom is 0.425 e. The summed E-state index contributed by atoms with van der Waals surface area (Å²) in [5.41, 5.74) is -0.704. The molecule has 2 unspecified atom stereocenters. The second-order valence-corrected chi connectivity index (χ2v) is 14.0. The van der Waals surface area contributed by atoms with E-state index in [1.165, 1.54) is 16.7 Å². The van der Waals surface area contributed by atoms with Gasteiger partial charge in [0.25, 0.3) is 5.91 Å². The average Bonchev–Trinajstić information content (AvgIpc) is 3.58. The van der Waals surface area contributed by atoms with Gasteiger partial charge in [-0.1, -0.05) is 57.0 Å². The number of carboxylic acids is 1. The van der Waals surface area contributed by atoms with Crippen molar-refractivity contribution in [1.29, 1.82) is 0 Å². The number of hydrogen-bond acceptors (Lipinski definition) is 6. The lowest BCUT2D eigenvalue weighted by Crippen LogP contribution is -2.53. The standard InChI is InChI=1S/C33H44F3N3O4.C5H3F3OS/c1-4-13-27(39(6-3)31(43)29-26(33(34,35)36)16-12-21-37-29)25(5-2)30(42)38-22-19-32(20-23-38,18-11-10-17-28(40)41)24-14-8-7-9-15-24;6-5(7,8)4-1-3(9)2-10-4/h7-9,12,14-16,21,25,27H,4-6,10-11,13,17-20,22-23H2,1-3H3,(H,40,41);1-2,9H. The number of carbonyl (C=O) groups is 3. The number of hydrogen-bond donors (Lipinski definition) is 2. The number of nitrogens with zero attached hydrogens (tertiary/aromatic N) is 3. The second-order valence-electron chi connectivity index (χ2n) is 13.1. The number of alkyl halides is 6. The van der Waals surface area contributed by atoms with Crippen molar-refractivity contribution in [1.82, 2.24) is 14.8 Å². The van der Waals surface area contributed by atoms with Crippen LogP contribution in [0.5, 0.6) is 5.75 Å². The van der Waals surface area contributed by atoms with Crippen molar-refractivity contribution < 1.29 is 50.9 Å². The van der Waals surface area contributed by atoms with Crippen molar-refractivity contribution >= 4 is 29.1 Å². The van der Waals surface area contributed by atoms with Crippen LogP contribution in [0.4, 0.5) is 26.3 Å². The molecule has 3 aromatic rings. The summed E-state index contributed by atoms with van der Waals surface area (Å²) in [5.74, 6) is -2.61. The van der Waals surface area contributed by atoms with E-state index in [1.807, 2.05) is 36.9 Å². The highest BCUT2D eigenvalue weighted by atomic mass is 32.1. The van der Waals surface area contributed by atoms with E-state index in [-0.39, 0.29) is 30.0 Å². The van der Waals surface area contributed by atoms with Crippen LogP contribution < -0.4 is 0 Å². The molecule has 0 saturated carbocycles. The summed E-state index contributed by atoms with van der Waals surface area (Å²) in [4.78, 5) is 45.0. The number of thiophene rings is 1. The minimum absolute atomic E-state index is 0.0863. The summed E-state index contributed by atoms with van der Waals surface area (Å²) < 4.78 is 76.3. The number of amides is 2. The van der Waals surface area contributed by atoms with Gasteiger partial charge >= 0.3 is 18.3 Å². The minimum Gasteiger partial charge on any atom is -0.507 e. The molecule has 4 rings (SSSR count). The van der Waals surface area contributed by atoms with E-state index in [2.05, 4.69) is 17.1 Å². The minimum atomic E-state index is -4.73. The van der Waals surface area contributed by atoms with Crippen molar-refractivity contribution in [2.45, 2.75) is 102 Å². The number of pyridine rings is 1. The number of aromatic hydroxyl groups is 1. The van der Waals surface area contributed by atoms with Crippen LogP contribution in [0.2, 0.25) is 0 Å². The van der Waals surface area contributed by atoms with E-state index in [0.717, 1.165) is 43.2 Å². The van der Waals surface area contributed by atoms with Gasteiger partial charge in [0.1, 0.15) is 16.3 Å². The fourth-order valence-corrected chi connectivity index (χ4v) is 7.67. The van der Waals surface area contributed by atoms with Gasteiger partial charge in [0.2, 0.25) is 5.91 Å². The summed E-state index contributed by atoms with van der Waals surface area (Å²) in [5, 5.41) is 18.6. The van der Waals surface area contributed by atoms with Crippen LogP contribution in [0, 0.1) is 5.92 Å². The Bertz CT molecular complexity index is 1620. The lowest BCUT2D eigenvalue weighted by Gasteiger charge is -2.45. The van der Waals surface area contributed by atoms with Gasteiger partial charge in [-0.3, -0.25) is 19.4 Å². The van der Waals surface area contributed by atoms with Crippen LogP contribution in [0.1, 0.15) is 105 Å². The summed E-state index contributed by atoms with van der Waals surface area (Å²) >= 11 is 0.481. The number of carboxylic acid groups (broad SMARTS) is 1. The van der Waals surface area contributed by atoms with Gasteiger partial charge in [-0.05, 0) is 68.6 Å². The molecule has 1 aliphatic rings. The van der Waals surface area contributed by atoms with Crippen molar-refractivity contribution in [2.75, 3.05) is 19.6 Å². The molecule has 1 fully saturated rings. The molecule has 1 aromatic carbocycles. The van der Waals surface area contributed by atoms with Crippen LogP contribution in [0.3, 0.4) is 0 Å². The Kier molecular flexibility index (Phi) is 15.7. The van der Waals surface area contributed by atoms with Crippen molar-refractivity contribution in [3.63, 3.8) is 0 Å². The number of carbonyl (C=O) groups excluding carboxylic acids is 2. The van der Waals surface area contributed by atoms with E-state index in [9.17, 15) is 40.7 Å². The highest BCUT2D eigenvalue weighted by Crippen LogP contribution is 2.41. The highest BCUT2D eigenvalue weighted by molar-refractivity contribution is 7.10. The van der Waals surface area contributed by atoms with Crippen LogP contribution >= 0.6 is 11.3 Å². The van der Waals surface area contributed by atoms with Gasteiger partial charge in [-0.2, -0.15) is 26.3 Å². The maximum absolute atomic E-state index is 14.1. The summed E-state index contributed by atoms with van der Waals surface area (Å²) in [6.45, 7) is 6.71. The van der Waals surface area contributed by atoms with Crippen molar-refractivity contribution in [2.24, 2.45) is 5.92 Å². The zero-order chi connectivity index (χ0) is 39.4. The quantitative estimate of drug-likeness (QED) is 0.125. The predicted octanol–water partition coefficient (Wildman–Crippen LogP) is 9.44. The molecule has 2 aromatic heterocycles. The number of rotatable bonds is 14. The number of piperidine rings is 1. The third kappa shape index (κ3) is 11.7. The Morgan fingerprint density at radius 3 is 2.11 bits per heavy atom. The zero-order valence-electron chi connectivity index (χ0n) is 30.1. The van der Waals surface area contributed by atoms with Crippen LogP contribution in [-0.4, -0.2) is 68.5 Å². The molecule has 1 saturated heterocycles. The van der Waals surface area contributed by atoms with Gasteiger partial charge in [0, 0.05) is 49.7 Å². The Morgan fingerprint density at radius 1 is 0.962 bits per heavy atom. The van der Waals surface area contributed by atoms with Crippen LogP contribution in [0.15, 0.2) is 60.1 Å². The molecule has 1 aliphatic heterocycles. The Morgan fingerprint density at radius 2 is 1.62 bits per heavy atom. The van der Waals surface area contributed by atoms with E-state index in [4.69, 9.17) is 10.2 Å². The van der Waals surface area contributed by atoms with Crippen LogP contribution in [-0.2, 0) is 27.4 Å². The second kappa shape index (κ2) is 19.3. The first-order chi connectivity index (χ1) is 25.0. The first-order valence-electron chi connectivity index (χ1n) is 17.7. The zero-order valence-corrected chi connectivity index (χ0v) is 30.9. The Labute approximate surface area is 309 Å². The first kappa shape index (κ1) is 43.3. The summed E-state index contributed by atoms with van der Waals surface area (Å²) in [6.07, 6.45) is -2.54.